The fraction of sp³-hybridized carbons (Fsp3) is 0.167. The third kappa shape index (κ3) is 4.03. The second kappa shape index (κ2) is 6.87. The van der Waals surface area contributed by atoms with Gasteiger partial charge < -0.3 is 10.6 Å². The van der Waals surface area contributed by atoms with Crippen LogP contribution < -0.4 is 10.6 Å². The minimum atomic E-state index is 0.609. The van der Waals surface area contributed by atoms with Crippen LogP contribution in [0.1, 0.15) is 16.8 Å². The summed E-state index contributed by atoms with van der Waals surface area (Å²) in [4.78, 5) is 13.0. The quantitative estimate of drug-likeness (QED) is 0.750. The molecule has 0 aliphatic carbocycles. The van der Waals surface area contributed by atoms with Crippen LogP contribution in [0.5, 0.6) is 0 Å². The van der Waals surface area contributed by atoms with Crippen molar-refractivity contribution in [2.75, 3.05) is 10.6 Å². The molecule has 1 aromatic carbocycles. The van der Waals surface area contributed by atoms with Crippen LogP contribution in [0.3, 0.4) is 0 Å². The van der Waals surface area contributed by atoms with Crippen LogP contribution in [0.2, 0.25) is 0 Å². The molecule has 0 atom stereocenters. The average molecular weight is 305 g/mol. The average Bonchev–Trinajstić information content (AvgIpc) is 2.56. The molecule has 5 heteroatoms. The fourth-order valence-corrected chi connectivity index (χ4v) is 2.24. The van der Waals surface area contributed by atoms with Crippen molar-refractivity contribution in [2.24, 2.45) is 0 Å². The molecule has 116 valence electrons. The highest BCUT2D eigenvalue weighted by Crippen LogP contribution is 2.20. The highest BCUT2D eigenvalue weighted by Gasteiger charge is 2.04. The summed E-state index contributed by atoms with van der Waals surface area (Å²) in [7, 11) is 0. The fourth-order valence-electron chi connectivity index (χ4n) is 2.24. The first-order valence-electron chi connectivity index (χ1n) is 7.52. The Labute approximate surface area is 135 Å². The van der Waals surface area contributed by atoms with Crippen LogP contribution in [0.15, 0.2) is 54.9 Å². The van der Waals surface area contributed by atoms with Crippen molar-refractivity contribution in [1.82, 2.24) is 15.0 Å². The number of hydrogen-bond donors (Lipinski definition) is 2. The lowest BCUT2D eigenvalue weighted by Gasteiger charge is -2.11. The number of pyridine rings is 1. The van der Waals surface area contributed by atoms with Gasteiger partial charge in [0.25, 0.3) is 0 Å². The number of aryl methyl sites for hydroxylation is 2. The van der Waals surface area contributed by atoms with Crippen molar-refractivity contribution in [3.63, 3.8) is 0 Å². The van der Waals surface area contributed by atoms with Crippen molar-refractivity contribution < 1.29 is 0 Å². The van der Waals surface area contributed by atoms with Gasteiger partial charge in [0.2, 0.25) is 5.95 Å². The predicted octanol–water partition coefficient (Wildman–Crippen LogP) is 3.84. The first kappa shape index (κ1) is 15.0. The topological polar surface area (TPSA) is 62.7 Å². The lowest BCUT2D eigenvalue weighted by atomic mass is 10.2. The summed E-state index contributed by atoms with van der Waals surface area (Å²) in [5, 5.41) is 6.60. The maximum Gasteiger partial charge on any atom is 0.225 e. The lowest BCUT2D eigenvalue weighted by Crippen LogP contribution is -2.06. The zero-order valence-corrected chi connectivity index (χ0v) is 13.2. The normalized spacial score (nSPS) is 10.3. The summed E-state index contributed by atoms with van der Waals surface area (Å²) in [6, 6.07) is 14.0. The molecular formula is C18H19N5. The van der Waals surface area contributed by atoms with Gasteiger partial charge in [0, 0.05) is 36.4 Å². The first-order valence-corrected chi connectivity index (χ1v) is 7.52. The molecule has 0 bridgehead atoms. The van der Waals surface area contributed by atoms with E-state index < -0.39 is 0 Å². The van der Waals surface area contributed by atoms with Crippen LogP contribution >= 0.6 is 0 Å². The largest absolute Gasteiger partial charge is 0.350 e. The van der Waals surface area contributed by atoms with E-state index >= 15 is 0 Å². The first-order chi connectivity index (χ1) is 11.2. The molecule has 2 heterocycles. The highest BCUT2D eigenvalue weighted by atomic mass is 15.1. The SMILES string of the molecule is Cc1cc(Nc2ccccc2C)nc(NCc2ccncc2)n1. The van der Waals surface area contributed by atoms with Crippen LogP contribution in [0, 0.1) is 13.8 Å². The Bertz CT molecular complexity index is 786. The third-order valence-corrected chi connectivity index (χ3v) is 3.46. The Morgan fingerprint density at radius 3 is 2.52 bits per heavy atom. The number of hydrogen-bond acceptors (Lipinski definition) is 5. The molecule has 3 aromatic rings. The maximum atomic E-state index is 4.54. The zero-order chi connectivity index (χ0) is 16.1. The molecule has 0 aliphatic rings. The van der Waals surface area contributed by atoms with Crippen molar-refractivity contribution in [3.05, 3.63) is 71.7 Å². The molecule has 0 amide bonds. The molecule has 0 unspecified atom stereocenters. The summed E-state index contributed by atoms with van der Waals surface area (Å²) >= 11 is 0. The van der Waals surface area contributed by atoms with Gasteiger partial charge in [0.15, 0.2) is 0 Å². The molecule has 0 radical (unpaired) electrons. The van der Waals surface area contributed by atoms with Gasteiger partial charge in [-0.25, -0.2) is 4.98 Å². The molecule has 0 spiro atoms. The van der Waals surface area contributed by atoms with Crippen LogP contribution in [-0.2, 0) is 6.54 Å². The maximum absolute atomic E-state index is 4.54. The smallest absolute Gasteiger partial charge is 0.225 e. The second-order valence-corrected chi connectivity index (χ2v) is 5.37. The van der Waals surface area contributed by atoms with Gasteiger partial charge in [0.05, 0.1) is 0 Å². The van der Waals surface area contributed by atoms with Crippen LogP contribution in [0.4, 0.5) is 17.5 Å². The summed E-state index contributed by atoms with van der Waals surface area (Å²) in [5.74, 6) is 1.39. The summed E-state index contributed by atoms with van der Waals surface area (Å²) < 4.78 is 0. The van der Waals surface area contributed by atoms with Gasteiger partial charge in [0.1, 0.15) is 5.82 Å². The van der Waals surface area contributed by atoms with Crippen molar-refractivity contribution in [3.8, 4) is 0 Å². The minimum absolute atomic E-state index is 0.609. The van der Waals surface area contributed by atoms with Crippen LogP contribution in [0.25, 0.3) is 0 Å². The number of benzene rings is 1. The standard InChI is InChI=1S/C18H19N5/c1-13-5-3-4-6-16(13)22-17-11-14(2)21-18(23-17)20-12-15-7-9-19-10-8-15/h3-11H,12H2,1-2H3,(H2,20,21,22,23). The van der Waals surface area contributed by atoms with E-state index in [1.807, 2.05) is 43.3 Å². The Balaban J connectivity index is 1.75. The molecule has 0 fully saturated rings. The van der Waals surface area contributed by atoms with E-state index in [-0.39, 0.29) is 0 Å². The van der Waals surface area contributed by atoms with E-state index in [0.717, 1.165) is 22.8 Å². The van der Waals surface area contributed by atoms with Gasteiger partial charge in [-0.3, -0.25) is 4.98 Å². The number of para-hydroxylation sites is 1. The lowest BCUT2D eigenvalue weighted by molar-refractivity contribution is 1.03. The Hall–Kier alpha value is -2.95. The molecule has 5 nitrogen and oxygen atoms in total. The molecule has 3 rings (SSSR count). The number of anilines is 3. The van der Waals surface area contributed by atoms with Gasteiger partial charge in [-0.15, -0.1) is 0 Å². The molecule has 0 saturated heterocycles. The Kier molecular flexibility index (Phi) is 4.47. The predicted molar refractivity (Wildman–Crippen MR) is 92.8 cm³/mol. The molecule has 0 aliphatic heterocycles. The molecule has 2 aromatic heterocycles. The number of nitrogens with zero attached hydrogens (tertiary/aromatic N) is 3. The summed E-state index contributed by atoms with van der Waals surface area (Å²) in [6.07, 6.45) is 3.55. The van der Waals surface area contributed by atoms with E-state index in [9.17, 15) is 0 Å². The second-order valence-electron chi connectivity index (χ2n) is 5.37. The monoisotopic (exact) mass is 305 g/mol. The van der Waals surface area contributed by atoms with E-state index in [1.54, 1.807) is 12.4 Å². The summed E-state index contributed by atoms with van der Waals surface area (Å²) in [6.45, 7) is 4.69. The van der Waals surface area contributed by atoms with Gasteiger partial charge in [-0.05, 0) is 43.2 Å². The van der Waals surface area contributed by atoms with E-state index in [1.165, 1.54) is 5.56 Å². The van der Waals surface area contributed by atoms with Crippen molar-refractivity contribution in [1.29, 1.82) is 0 Å². The van der Waals surface area contributed by atoms with Gasteiger partial charge >= 0.3 is 0 Å². The van der Waals surface area contributed by atoms with Gasteiger partial charge in [-0.2, -0.15) is 4.98 Å². The molecular weight excluding hydrogens is 286 g/mol. The number of nitrogens with one attached hydrogen (secondary N) is 2. The van der Waals surface area contributed by atoms with Crippen molar-refractivity contribution >= 4 is 17.5 Å². The number of aromatic nitrogens is 3. The van der Waals surface area contributed by atoms with E-state index in [2.05, 4.69) is 38.6 Å². The minimum Gasteiger partial charge on any atom is -0.350 e. The van der Waals surface area contributed by atoms with Crippen molar-refractivity contribution in [2.45, 2.75) is 20.4 Å². The Morgan fingerprint density at radius 2 is 1.74 bits per heavy atom. The molecule has 0 saturated carbocycles. The van der Waals surface area contributed by atoms with E-state index in [4.69, 9.17) is 0 Å². The zero-order valence-electron chi connectivity index (χ0n) is 13.2. The number of rotatable bonds is 5. The van der Waals surface area contributed by atoms with E-state index in [0.29, 0.717) is 12.5 Å². The third-order valence-electron chi connectivity index (χ3n) is 3.46. The van der Waals surface area contributed by atoms with Gasteiger partial charge in [-0.1, -0.05) is 18.2 Å². The molecule has 23 heavy (non-hydrogen) atoms. The highest BCUT2D eigenvalue weighted by molar-refractivity contribution is 5.61. The molecule has 2 N–H and O–H groups in total. The summed E-state index contributed by atoms with van der Waals surface area (Å²) in [5.41, 5.74) is 4.27. The Morgan fingerprint density at radius 1 is 0.957 bits per heavy atom. The van der Waals surface area contributed by atoms with Crippen LogP contribution in [-0.4, -0.2) is 15.0 Å².